The van der Waals surface area contributed by atoms with Crippen LogP contribution in [0.1, 0.15) is 0 Å². The average Bonchev–Trinajstić information content (AvgIpc) is 3.31. The highest BCUT2D eigenvalue weighted by atomic mass is 16.5. The van der Waals surface area contributed by atoms with Gasteiger partial charge in [-0.2, -0.15) is 0 Å². The second-order valence-electron chi connectivity index (χ2n) is 16.1. The van der Waals surface area contributed by atoms with Crippen LogP contribution in [0.15, 0.2) is 231 Å². The Hall–Kier alpha value is -8.00. The van der Waals surface area contributed by atoms with Crippen molar-refractivity contribution >= 4 is 64.6 Å². The van der Waals surface area contributed by atoms with Crippen LogP contribution in [0, 0.1) is 0 Å². The Balaban J connectivity index is 1.04. The molecule has 0 aromatic heterocycles. The Morgan fingerprint density at radius 3 is 1.07 bits per heavy atom. The van der Waals surface area contributed by atoms with Gasteiger partial charge in [0.05, 0.1) is 0 Å². The first-order valence-corrected chi connectivity index (χ1v) is 21.0. The van der Waals surface area contributed by atoms with E-state index >= 15 is 0 Å². The van der Waals surface area contributed by atoms with Gasteiger partial charge in [0.15, 0.2) is 0 Å². The van der Waals surface area contributed by atoms with Crippen LogP contribution in [-0.2, 0) is 0 Å². The summed E-state index contributed by atoms with van der Waals surface area (Å²) in [6, 6.07) is 83.7. The van der Waals surface area contributed by atoms with E-state index in [1.807, 2.05) is 30.3 Å². The molecule has 0 bridgehead atoms. The average molecular weight is 775 g/mol. The molecule has 0 aliphatic rings. The topological polar surface area (TPSA) is 9.23 Å². The summed E-state index contributed by atoms with van der Waals surface area (Å²) in [6.07, 6.45) is 0. The number of ether oxygens (including phenoxy) is 1. The van der Waals surface area contributed by atoms with E-state index < -0.39 is 0 Å². The molecule has 0 radical (unpaired) electrons. The van der Waals surface area contributed by atoms with Crippen molar-refractivity contribution in [3.63, 3.8) is 0 Å². The van der Waals surface area contributed by atoms with E-state index in [2.05, 4.69) is 200 Å². The molecule has 0 saturated carbocycles. The van der Waals surface area contributed by atoms with Crippen molar-refractivity contribution in [2.75, 3.05) is 0 Å². The number of hydrogen-bond donors (Lipinski definition) is 0. The van der Waals surface area contributed by atoms with Gasteiger partial charge in [-0.15, -0.1) is 0 Å². The largest absolute Gasteiger partial charge is 0.457 e. The third kappa shape index (κ3) is 6.27. The summed E-state index contributed by atoms with van der Waals surface area (Å²) in [5, 5.41) is 14.9. The minimum atomic E-state index is 0.790. The number of benzene rings is 12. The summed E-state index contributed by atoms with van der Waals surface area (Å²) >= 11 is 0. The third-order valence-corrected chi connectivity index (χ3v) is 12.3. The number of rotatable bonds is 6. The standard InChI is InChI=1S/C60H38O/c1-2-24-53(25-3-1)61-54-35-49(41-20-12-22-47(28-41)59-55-26-10-8-18-45(55)32-51-30-39-14-4-6-16-43(39)37-57(51)59)34-50(36-54)42-21-13-23-48(29-42)60-56-27-11-9-19-46(56)33-52-31-40-15-5-7-17-44(40)38-58(52)60/h1-38H. The minimum Gasteiger partial charge on any atom is -0.457 e. The quantitative estimate of drug-likeness (QED) is 0.153. The number of hydrogen-bond acceptors (Lipinski definition) is 1. The van der Waals surface area contributed by atoms with Crippen molar-refractivity contribution in [1.82, 2.24) is 0 Å². The van der Waals surface area contributed by atoms with Gasteiger partial charge in [0.1, 0.15) is 11.5 Å². The predicted octanol–water partition coefficient (Wildman–Crippen LogP) is 17.1. The van der Waals surface area contributed by atoms with Crippen LogP contribution >= 0.6 is 0 Å². The van der Waals surface area contributed by atoms with Gasteiger partial charge in [-0.05, 0) is 188 Å². The van der Waals surface area contributed by atoms with Gasteiger partial charge in [-0.3, -0.25) is 0 Å². The smallest absolute Gasteiger partial charge is 0.128 e. The molecule has 12 aromatic rings. The molecule has 0 saturated heterocycles. The van der Waals surface area contributed by atoms with Crippen molar-refractivity contribution in [2.45, 2.75) is 0 Å². The lowest BCUT2D eigenvalue weighted by molar-refractivity contribution is 0.483. The first-order valence-electron chi connectivity index (χ1n) is 21.0. The van der Waals surface area contributed by atoms with Gasteiger partial charge >= 0.3 is 0 Å². The summed E-state index contributed by atoms with van der Waals surface area (Å²) in [5.41, 5.74) is 9.30. The highest BCUT2D eigenvalue weighted by Crippen LogP contribution is 2.43. The Bertz CT molecular complexity index is 3440. The van der Waals surface area contributed by atoms with E-state index in [0.717, 1.165) is 33.8 Å². The first-order chi connectivity index (χ1) is 30.2. The molecule has 12 rings (SSSR count). The molecule has 0 aliphatic carbocycles. The van der Waals surface area contributed by atoms with Crippen LogP contribution in [0.3, 0.4) is 0 Å². The van der Waals surface area contributed by atoms with Gasteiger partial charge in [-0.1, -0.05) is 152 Å². The number of fused-ring (bicyclic) bond motifs is 6. The monoisotopic (exact) mass is 774 g/mol. The van der Waals surface area contributed by atoms with E-state index in [9.17, 15) is 0 Å². The maximum Gasteiger partial charge on any atom is 0.128 e. The van der Waals surface area contributed by atoms with Gasteiger partial charge in [-0.25, -0.2) is 0 Å². The Morgan fingerprint density at radius 1 is 0.197 bits per heavy atom. The maximum atomic E-state index is 6.64. The second kappa shape index (κ2) is 14.4. The van der Waals surface area contributed by atoms with E-state index in [1.165, 1.54) is 86.9 Å². The highest BCUT2D eigenvalue weighted by Gasteiger charge is 2.16. The molecule has 0 amide bonds. The van der Waals surface area contributed by atoms with Crippen LogP contribution in [-0.4, -0.2) is 0 Å². The molecule has 0 atom stereocenters. The maximum absolute atomic E-state index is 6.64. The van der Waals surface area contributed by atoms with Gasteiger partial charge < -0.3 is 4.74 Å². The molecule has 61 heavy (non-hydrogen) atoms. The predicted molar refractivity (Wildman–Crippen MR) is 260 cm³/mol. The van der Waals surface area contributed by atoms with Crippen LogP contribution in [0.4, 0.5) is 0 Å². The highest BCUT2D eigenvalue weighted by molar-refractivity contribution is 6.17. The molecule has 0 heterocycles. The fourth-order valence-electron chi connectivity index (χ4n) is 9.46. The zero-order chi connectivity index (χ0) is 40.3. The molecule has 0 unspecified atom stereocenters. The Kier molecular flexibility index (Phi) is 8.25. The van der Waals surface area contributed by atoms with Crippen molar-refractivity contribution in [2.24, 2.45) is 0 Å². The molecule has 0 aliphatic heterocycles. The van der Waals surface area contributed by atoms with Crippen molar-refractivity contribution in [1.29, 1.82) is 0 Å². The fourth-order valence-corrected chi connectivity index (χ4v) is 9.46. The van der Waals surface area contributed by atoms with E-state index in [4.69, 9.17) is 4.74 Å². The molecule has 284 valence electrons. The lowest BCUT2D eigenvalue weighted by atomic mass is 9.88. The lowest BCUT2D eigenvalue weighted by Gasteiger charge is -2.16. The normalized spacial score (nSPS) is 11.6. The lowest BCUT2D eigenvalue weighted by Crippen LogP contribution is -1.91. The summed E-state index contributed by atoms with van der Waals surface area (Å²) in [5.74, 6) is 1.59. The van der Waals surface area contributed by atoms with Gasteiger partial charge in [0.2, 0.25) is 0 Å². The summed E-state index contributed by atoms with van der Waals surface area (Å²) in [6.45, 7) is 0. The molecule has 1 heteroatoms. The zero-order valence-corrected chi connectivity index (χ0v) is 33.3. The van der Waals surface area contributed by atoms with Crippen LogP contribution < -0.4 is 4.74 Å². The first kappa shape index (κ1) is 35.0. The van der Waals surface area contributed by atoms with Crippen LogP contribution in [0.2, 0.25) is 0 Å². The molecule has 12 aromatic carbocycles. The van der Waals surface area contributed by atoms with Crippen LogP contribution in [0.5, 0.6) is 11.5 Å². The molecule has 0 fully saturated rings. The summed E-state index contributed by atoms with van der Waals surface area (Å²) in [4.78, 5) is 0. The van der Waals surface area contributed by atoms with Crippen LogP contribution in [0.25, 0.3) is 109 Å². The molecule has 0 spiro atoms. The van der Waals surface area contributed by atoms with Crippen molar-refractivity contribution in [3.05, 3.63) is 231 Å². The van der Waals surface area contributed by atoms with Gasteiger partial charge in [0.25, 0.3) is 0 Å². The second-order valence-corrected chi connectivity index (χ2v) is 16.1. The van der Waals surface area contributed by atoms with Gasteiger partial charge in [0, 0.05) is 0 Å². The Labute approximate surface area is 354 Å². The SMILES string of the molecule is c1ccc(Oc2cc(-c3cccc(-c4c5ccccc5cc5cc6ccccc6cc45)c3)cc(-c3cccc(-c4c5ccccc5cc5cc6ccccc6cc45)c3)c2)cc1. The van der Waals surface area contributed by atoms with E-state index in [-0.39, 0.29) is 0 Å². The summed E-state index contributed by atoms with van der Waals surface area (Å²) < 4.78 is 6.64. The molecular formula is C60H38O. The van der Waals surface area contributed by atoms with Crippen molar-refractivity contribution in [3.8, 4) is 56.0 Å². The van der Waals surface area contributed by atoms with E-state index in [0.29, 0.717) is 0 Å². The fraction of sp³-hybridized carbons (Fsp3) is 0. The third-order valence-electron chi connectivity index (χ3n) is 12.3. The molecular weight excluding hydrogens is 737 g/mol. The summed E-state index contributed by atoms with van der Waals surface area (Å²) in [7, 11) is 0. The number of para-hydroxylation sites is 1. The zero-order valence-electron chi connectivity index (χ0n) is 33.3. The minimum absolute atomic E-state index is 0.790. The van der Waals surface area contributed by atoms with Crippen molar-refractivity contribution < 1.29 is 4.74 Å². The molecule has 0 N–H and O–H groups in total. The Morgan fingerprint density at radius 2 is 0.574 bits per heavy atom. The van der Waals surface area contributed by atoms with E-state index in [1.54, 1.807) is 0 Å². The molecule has 1 nitrogen and oxygen atoms in total.